The van der Waals surface area contributed by atoms with Crippen LogP contribution in [0.25, 0.3) is 0 Å². The Morgan fingerprint density at radius 3 is 0.724 bits per heavy atom. The summed E-state index contributed by atoms with van der Waals surface area (Å²) in [6, 6.07) is 0. The molecule has 3 unspecified atom stereocenters. The minimum absolute atomic E-state index is 0.106. The van der Waals surface area contributed by atoms with Gasteiger partial charge in [0.1, 0.15) is 19.3 Å². The van der Waals surface area contributed by atoms with E-state index in [1.54, 1.807) is 0 Å². The van der Waals surface area contributed by atoms with Crippen molar-refractivity contribution < 1.29 is 80.2 Å². The van der Waals surface area contributed by atoms with E-state index in [4.69, 9.17) is 37.0 Å². The molecule has 19 heteroatoms. The smallest absolute Gasteiger partial charge is 0.462 e. The summed E-state index contributed by atoms with van der Waals surface area (Å²) in [5, 5.41) is 10.6. The Labute approximate surface area is 600 Å². The molecule has 6 atom stereocenters. The van der Waals surface area contributed by atoms with Crippen molar-refractivity contribution in [1.82, 2.24) is 0 Å². The van der Waals surface area contributed by atoms with Gasteiger partial charge in [-0.15, -0.1) is 0 Å². The quantitative estimate of drug-likeness (QED) is 0.0222. The highest BCUT2D eigenvalue weighted by atomic mass is 31.2. The molecule has 98 heavy (non-hydrogen) atoms. The van der Waals surface area contributed by atoms with Gasteiger partial charge in [0.15, 0.2) is 12.2 Å². The average Bonchev–Trinajstić information content (AvgIpc) is 1.01. The molecule has 0 aromatic rings. The monoisotopic (exact) mass is 1440 g/mol. The van der Waals surface area contributed by atoms with Gasteiger partial charge >= 0.3 is 39.5 Å². The molecule has 0 aliphatic rings. The van der Waals surface area contributed by atoms with Gasteiger partial charge in [0.25, 0.3) is 0 Å². The number of aliphatic hydroxyl groups is 1. The Morgan fingerprint density at radius 2 is 0.490 bits per heavy atom. The molecule has 0 bridgehead atoms. The van der Waals surface area contributed by atoms with Crippen LogP contribution in [0.4, 0.5) is 0 Å². The third-order valence-electron chi connectivity index (χ3n) is 18.7. The third kappa shape index (κ3) is 71.1. The second-order valence-electron chi connectivity index (χ2n) is 30.1. The van der Waals surface area contributed by atoms with E-state index in [9.17, 15) is 43.2 Å². The number of ether oxygens (including phenoxy) is 4. The van der Waals surface area contributed by atoms with Crippen LogP contribution in [0.1, 0.15) is 402 Å². The summed E-state index contributed by atoms with van der Waals surface area (Å²) in [7, 11) is -9.92. The highest BCUT2D eigenvalue weighted by molar-refractivity contribution is 7.47. The van der Waals surface area contributed by atoms with Gasteiger partial charge in [0.05, 0.1) is 26.4 Å². The Balaban J connectivity index is 5.22. The van der Waals surface area contributed by atoms with Crippen molar-refractivity contribution in [2.45, 2.75) is 420 Å². The number of hydrogen-bond donors (Lipinski definition) is 3. The summed E-state index contributed by atoms with van der Waals surface area (Å²) in [5.74, 6) is 0.972. The van der Waals surface area contributed by atoms with Gasteiger partial charge in [-0.25, -0.2) is 9.13 Å². The molecule has 0 saturated carbocycles. The zero-order chi connectivity index (χ0) is 72.4. The number of hydrogen-bond acceptors (Lipinski definition) is 15. The van der Waals surface area contributed by atoms with E-state index >= 15 is 0 Å². The van der Waals surface area contributed by atoms with Crippen molar-refractivity contribution in [3.63, 3.8) is 0 Å². The van der Waals surface area contributed by atoms with Crippen LogP contribution in [0.2, 0.25) is 0 Å². The lowest BCUT2D eigenvalue weighted by atomic mass is 9.99. The van der Waals surface area contributed by atoms with E-state index in [0.29, 0.717) is 31.6 Å². The molecule has 0 spiro atoms. The number of rotatable bonds is 76. The van der Waals surface area contributed by atoms with E-state index in [1.165, 1.54) is 199 Å². The molecule has 0 aliphatic heterocycles. The predicted molar refractivity (Wildman–Crippen MR) is 400 cm³/mol. The SMILES string of the molecule is CCC(C)CCCCCCCCCCCCCCCCC(=O)OC[C@H](COP(=O)(O)OC[C@@H](O)COP(=O)(O)OC[C@@H](COC(=O)CCCCCCCCC(C)C)OC(=O)CCCCCCCCCCCCCCCCC(C)C)OC(=O)CCCCCCCCCCCCCC(C)C. The molecular formula is C79H154O17P2. The molecular weight excluding hydrogens is 1280 g/mol. The van der Waals surface area contributed by atoms with Crippen LogP contribution in [-0.4, -0.2) is 96.7 Å². The van der Waals surface area contributed by atoms with Gasteiger partial charge in [0.2, 0.25) is 0 Å². The van der Waals surface area contributed by atoms with Crippen LogP contribution in [0.5, 0.6) is 0 Å². The summed E-state index contributed by atoms with van der Waals surface area (Å²) in [4.78, 5) is 72.9. The van der Waals surface area contributed by atoms with E-state index in [0.717, 1.165) is 114 Å². The standard InChI is InChI=1S/C79H154O17P2/c1-9-72(8)58-50-42-33-27-21-15-11-13-16-22-28-34-43-51-59-76(81)89-65-74(95-79(84)62-54-46-36-30-24-18-20-26-32-40-48-56-70(4)5)67-93-97(85,86)91-63-73(80)64-92-98(87,88)94-68-75(66-90-77(82)60-52-44-38-37-41-49-57-71(6)7)96-78(83)61-53-45-35-29-23-17-12-10-14-19-25-31-39-47-55-69(2)3/h69-75,80H,9-68H2,1-8H3,(H,85,86)(H,87,88)/t72?,73-,74-,75-/m1/s1. The van der Waals surface area contributed by atoms with E-state index < -0.39 is 97.5 Å². The van der Waals surface area contributed by atoms with Crippen molar-refractivity contribution >= 4 is 39.5 Å². The van der Waals surface area contributed by atoms with E-state index in [-0.39, 0.29) is 25.7 Å². The topological polar surface area (TPSA) is 237 Å². The first-order valence-corrected chi connectivity index (χ1v) is 43.7. The summed E-state index contributed by atoms with van der Waals surface area (Å²) < 4.78 is 68.6. The zero-order valence-corrected chi connectivity index (χ0v) is 66.2. The zero-order valence-electron chi connectivity index (χ0n) is 64.4. The van der Waals surface area contributed by atoms with Crippen LogP contribution in [0.15, 0.2) is 0 Å². The number of phosphoric acid groups is 2. The third-order valence-corrected chi connectivity index (χ3v) is 20.6. The summed E-state index contributed by atoms with van der Waals surface area (Å²) in [5.41, 5.74) is 0. The van der Waals surface area contributed by atoms with Gasteiger partial charge < -0.3 is 33.8 Å². The van der Waals surface area contributed by atoms with E-state index in [2.05, 4.69) is 55.4 Å². The van der Waals surface area contributed by atoms with Crippen molar-refractivity contribution in [2.75, 3.05) is 39.6 Å². The number of unbranched alkanes of at least 4 members (excludes halogenated alkanes) is 41. The van der Waals surface area contributed by atoms with E-state index in [1.807, 2.05) is 0 Å². The average molecular weight is 1440 g/mol. The Morgan fingerprint density at radius 1 is 0.286 bits per heavy atom. The maximum absolute atomic E-state index is 13.1. The molecule has 582 valence electrons. The first-order chi connectivity index (χ1) is 47.1. The molecule has 0 amide bonds. The minimum atomic E-state index is -4.96. The fourth-order valence-electron chi connectivity index (χ4n) is 12.0. The molecule has 17 nitrogen and oxygen atoms in total. The molecule has 0 fully saturated rings. The minimum Gasteiger partial charge on any atom is -0.462 e. The summed E-state index contributed by atoms with van der Waals surface area (Å²) in [6.07, 6.45) is 54.2. The number of aliphatic hydroxyl groups excluding tert-OH is 1. The number of carbonyl (C=O) groups excluding carboxylic acids is 4. The lowest BCUT2D eigenvalue weighted by Crippen LogP contribution is -2.30. The van der Waals surface area contributed by atoms with Gasteiger partial charge in [-0.2, -0.15) is 0 Å². The van der Waals surface area contributed by atoms with Crippen LogP contribution in [0, 0.1) is 23.7 Å². The maximum Gasteiger partial charge on any atom is 0.472 e. The van der Waals surface area contributed by atoms with Crippen molar-refractivity contribution in [3.8, 4) is 0 Å². The highest BCUT2D eigenvalue weighted by Gasteiger charge is 2.30. The van der Waals surface area contributed by atoms with Crippen LogP contribution < -0.4 is 0 Å². The Kier molecular flexibility index (Phi) is 66.8. The molecule has 0 rings (SSSR count). The van der Waals surface area contributed by atoms with Crippen molar-refractivity contribution in [1.29, 1.82) is 0 Å². The highest BCUT2D eigenvalue weighted by Crippen LogP contribution is 2.45. The lowest BCUT2D eigenvalue weighted by Gasteiger charge is -2.21. The molecule has 0 aromatic carbocycles. The molecule has 0 heterocycles. The molecule has 0 aliphatic carbocycles. The van der Waals surface area contributed by atoms with Gasteiger partial charge in [-0.3, -0.25) is 37.3 Å². The van der Waals surface area contributed by atoms with Crippen LogP contribution >= 0.6 is 15.6 Å². The number of phosphoric ester groups is 2. The summed E-state index contributed by atoms with van der Waals surface area (Å²) in [6.45, 7) is 14.2. The number of esters is 4. The van der Waals surface area contributed by atoms with Crippen molar-refractivity contribution in [3.05, 3.63) is 0 Å². The normalized spacial score (nSPS) is 14.3. The van der Waals surface area contributed by atoms with Crippen LogP contribution in [-0.2, 0) is 65.4 Å². The summed E-state index contributed by atoms with van der Waals surface area (Å²) >= 11 is 0. The number of carbonyl (C=O) groups is 4. The maximum atomic E-state index is 13.1. The predicted octanol–water partition coefficient (Wildman–Crippen LogP) is 23.2. The van der Waals surface area contributed by atoms with Gasteiger partial charge in [0, 0.05) is 25.7 Å². The second-order valence-corrected chi connectivity index (χ2v) is 33.0. The fourth-order valence-corrected chi connectivity index (χ4v) is 13.6. The second kappa shape index (κ2) is 68.2. The fraction of sp³-hybridized carbons (Fsp3) is 0.949. The van der Waals surface area contributed by atoms with Gasteiger partial charge in [-0.05, 0) is 49.4 Å². The van der Waals surface area contributed by atoms with Crippen LogP contribution in [0.3, 0.4) is 0 Å². The molecule has 0 radical (unpaired) electrons. The Bertz CT molecular complexity index is 1920. The van der Waals surface area contributed by atoms with Gasteiger partial charge in [-0.1, -0.05) is 351 Å². The molecule has 0 saturated heterocycles. The molecule has 0 aromatic heterocycles. The lowest BCUT2D eigenvalue weighted by molar-refractivity contribution is -0.161. The molecule has 3 N–H and O–H groups in total. The largest absolute Gasteiger partial charge is 0.472 e. The first kappa shape index (κ1) is 96.1. The van der Waals surface area contributed by atoms with Crippen molar-refractivity contribution in [2.24, 2.45) is 23.7 Å². The first-order valence-electron chi connectivity index (χ1n) is 40.7. The Hall–Kier alpha value is -1.94.